The summed E-state index contributed by atoms with van der Waals surface area (Å²) in [6, 6.07) is 0. The molecular formula is C4H6O4. The maximum absolute atomic E-state index is 10.1. The van der Waals surface area contributed by atoms with Gasteiger partial charge in [-0.25, -0.2) is 4.79 Å². The van der Waals surface area contributed by atoms with Crippen LogP contribution in [0.15, 0.2) is 0 Å². The van der Waals surface area contributed by atoms with E-state index < -0.39 is 6.16 Å². The highest BCUT2D eigenvalue weighted by Gasteiger charge is 2.08. The summed E-state index contributed by atoms with van der Waals surface area (Å²) < 4.78 is 4.42. The van der Waals surface area contributed by atoms with E-state index in [2.05, 4.69) is 14.5 Å². The van der Waals surface area contributed by atoms with Gasteiger partial charge in [-0.05, 0) is 0 Å². The van der Waals surface area contributed by atoms with Crippen molar-refractivity contribution in [2.45, 2.75) is 6.42 Å². The Morgan fingerprint density at radius 2 is 2.25 bits per heavy atom. The molecule has 0 aromatic heterocycles. The van der Waals surface area contributed by atoms with E-state index in [1.165, 1.54) is 0 Å². The molecule has 0 amide bonds. The number of rotatable bonds is 0. The maximum atomic E-state index is 10.1. The molecule has 0 N–H and O–H groups in total. The fraction of sp³-hybridized carbons (Fsp3) is 0.750. The lowest BCUT2D eigenvalue weighted by atomic mass is 10.5. The first-order chi connectivity index (χ1) is 3.89. The van der Waals surface area contributed by atoms with E-state index in [0.717, 1.165) is 0 Å². The van der Waals surface area contributed by atoms with Crippen LogP contribution in [0, 0.1) is 0 Å². The quantitative estimate of drug-likeness (QED) is 0.342. The van der Waals surface area contributed by atoms with Crippen molar-refractivity contribution < 1.29 is 19.3 Å². The standard InChI is InChI=1S/C4H6O4/c5-4-6-2-1-3-7-8-4/h1-3H2. The van der Waals surface area contributed by atoms with Gasteiger partial charge in [0.15, 0.2) is 0 Å². The number of hydrogen-bond donors (Lipinski definition) is 0. The average molecular weight is 118 g/mol. The normalized spacial score (nSPS) is 20.8. The van der Waals surface area contributed by atoms with Gasteiger partial charge < -0.3 is 4.74 Å². The first-order valence-electron chi connectivity index (χ1n) is 2.36. The van der Waals surface area contributed by atoms with Gasteiger partial charge in [0.2, 0.25) is 0 Å². The van der Waals surface area contributed by atoms with Crippen LogP contribution >= 0.6 is 0 Å². The monoisotopic (exact) mass is 118 g/mol. The fourth-order valence-corrected chi connectivity index (χ4v) is 0.387. The summed E-state index contributed by atoms with van der Waals surface area (Å²) in [4.78, 5) is 18.5. The summed E-state index contributed by atoms with van der Waals surface area (Å²) in [5.41, 5.74) is 0. The van der Waals surface area contributed by atoms with Crippen LogP contribution in [-0.2, 0) is 14.5 Å². The van der Waals surface area contributed by atoms with Gasteiger partial charge >= 0.3 is 6.16 Å². The van der Waals surface area contributed by atoms with Crippen LogP contribution in [0.1, 0.15) is 6.42 Å². The Labute approximate surface area is 46.3 Å². The van der Waals surface area contributed by atoms with E-state index in [1.807, 2.05) is 0 Å². The minimum absolute atomic E-state index is 0.388. The molecule has 1 aliphatic heterocycles. The Bertz CT molecular complexity index is 80.0. The molecule has 1 fully saturated rings. The molecule has 4 nitrogen and oxygen atoms in total. The number of ether oxygens (including phenoxy) is 1. The third-order valence-electron chi connectivity index (χ3n) is 0.719. The van der Waals surface area contributed by atoms with Crippen molar-refractivity contribution in [3.8, 4) is 0 Å². The first-order valence-corrected chi connectivity index (χ1v) is 2.36. The molecule has 8 heavy (non-hydrogen) atoms. The van der Waals surface area contributed by atoms with Crippen LogP contribution in [0.25, 0.3) is 0 Å². The summed E-state index contributed by atoms with van der Waals surface area (Å²) in [6.45, 7) is 0.810. The summed E-state index contributed by atoms with van der Waals surface area (Å²) in [5.74, 6) is 0. The molecule has 0 bridgehead atoms. The van der Waals surface area contributed by atoms with E-state index in [-0.39, 0.29) is 0 Å². The largest absolute Gasteiger partial charge is 0.540 e. The topological polar surface area (TPSA) is 44.8 Å². The van der Waals surface area contributed by atoms with E-state index in [1.54, 1.807) is 0 Å². The van der Waals surface area contributed by atoms with E-state index in [9.17, 15) is 4.79 Å². The number of carbonyl (C=O) groups excluding carboxylic acids is 1. The molecule has 0 unspecified atom stereocenters. The molecule has 0 spiro atoms. The molecule has 0 aromatic carbocycles. The minimum atomic E-state index is -0.748. The summed E-state index contributed by atoms with van der Waals surface area (Å²) in [7, 11) is 0. The lowest BCUT2D eigenvalue weighted by molar-refractivity contribution is -0.242. The summed E-state index contributed by atoms with van der Waals surface area (Å²) >= 11 is 0. The lowest BCUT2D eigenvalue weighted by Gasteiger charge is -1.92. The van der Waals surface area contributed by atoms with Crippen molar-refractivity contribution >= 4 is 6.16 Å². The predicted molar refractivity (Wildman–Crippen MR) is 23.0 cm³/mol. The van der Waals surface area contributed by atoms with Crippen LogP contribution in [-0.4, -0.2) is 19.4 Å². The van der Waals surface area contributed by atoms with Gasteiger partial charge in [-0.3, -0.25) is 4.89 Å². The average Bonchev–Trinajstić information content (AvgIpc) is 1.94. The Morgan fingerprint density at radius 1 is 1.38 bits per heavy atom. The van der Waals surface area contributed by atoms with Gasteiger partial charge in [-0.1, -0.05) is 0 Å². The zero-order valence-corrected chi connectivity index (χ0v) is 4.25. The summed E-state index contributed by atoms with van der Waals surface area (Å²) in [6.07, 6.45) is -0.0475. The zero-order chi connectivity index (χ0) is 5.82. The molecule has 0 aromatic rings. The number of cyclic esters (lactones) is 1. The predicted octanol–water partition coefficient (Wildman–Crippen LogP) is 0.475. The van der Waals surface area contributed by atoms with Crippen LogP contribution < -0.4 is 0 Å². The molecule has 1 aliphatic rings. The Hall–Kier alpha value is -0.770. The molecule has 1 saturated heterocycles. The maximum Gasteiger partial charge on any atom is 0.540 e. The van der Waals surface area contributed by atoms with E-state index in [0.29, 0.717) is 19.6 Å². The Morgan fingerprint density at radius 3 is 3.12 bits per heavy atom. The molecule has 46 valence electrons. The first kappa shape index (κ1) is 5.37. The molecule has 4 heteroatoms. The third-order valence-corrected chi connectivity index (χ3v) is 0.719. The van der Waals surface area contributed by atoms with Crippen molar-refractivity contribution in [3.63, 3.8) is 0 Å². The van der Waals surface area contributed by atoms with Gasteiger partial charge in [0, 0.05) is 6.42 Å². The highest BCUT2D eigenvalue weighted by Crippen LogP contribution is 1.95. The van der Waals surface area contributed by atoms with E-state index >= 15 is 0 Å². The second-order valence-corrected chi connectivity index (χ2v) is 1.36. The second-order valence-electron chi connectivity index (χ2n) is 1.36. The van der Waals surface area contributed by atoms with Crippen molar-refractivity contribution in [2.75, 3.05) is 13.2 Å². The van der Waals surface area contributed by atoms with Crippen molar-refractivity contribution in [1.29, 1.82) is 0 Å². The third kappa shape index (κ3) is 1.38. The van der Waals surface area contributed by atoms with Crippen LogP contribution in [0.2, 0.25) is 0 Å². The highest BCUT2D eigenvalue weighted by molar-refractivity contribution is 5.58. The molecule has 0 radical (unpaired) electrons. The smallest absolute Gasteiger partial charge is 0.432 e. The second kappa shape index (κ2) is 2.52. The van der Waals surface area contributed by atoms with Crippen LogP contribution in [0.5, 0.6) is 0 Å². The number of hydrogen-bond acceptors (Lipinski definition) is 4. The molecule has 1 heterocycles. The van der Waals surface area contributed by atoms with Crippen LogP contribution in [0.4, 0.5) is 4.79 Å². The summed E-state index contributed by atoms with van der Waals surface area (Å²) in [5, 5.41) is 0. The molecular weight excluding hydrogens is 112 g/mol. The van der Waals surface area contributed by atoms with Gasteiger partial charge in [0.25, 0.3) is 0 Å². The highest BCUT2D eigenvalue weighted by atomic mass is 17.2. The zero-order valence-electron chi connectivity index (χ0n) is 4.25. The van der Waals surface area contributed by atoms with Gasteiger partial charge in [0.05, 0.1) is 13.2 Å². The van der Waals surface area contributed by atoms with Crippen molar-refractivity contribution in [1.82, 2.24) is 0 Å². The van der Waals surface area contributed by atoms with Gasteiger partial charge in [-0.15, -0.1) is 0 Å². The van der Waals surface area contributed by atoms with Crippen molar-refractivity contribution in [3.05, 3.63) is 0 Å². The van der Waals surface area contributed by atoms with Crippen molar-refractivity contribution in [2.24, 2.45) is 0 Å². The Kier molecular flexibility index (Phi) is 1.69. The van der Waals surface area contributed by atoms with Gasteiger partial charge in [-0.2, -0.15) is 4.89 Å². The minimum Gasteiger partial charge on any atom is -0.432 e. The van der Waals surface area contributed by atoms with E-state index in [4.69, 9.17) is 0 Å². The fourth-order valence-electron chi connectivity index (χ4n) is 0.387. The molecule has 1 rings (SSSR count). The molecule has 0 saturated carbocycles. The van der Waals surface area contributed by atoms with Gasteiger partial charge in [0.1, 0.15) is 0 Å². The molecule has 0 atom stereocenters. The SMILES string of the molecule is O=C1OCCCOO1. The molecule has 0 aliphatic carbocycles. The van der Waals surface area contributed by atoms with Crippen LogP contribution in [0.3, 0.4) is 0 Å². The Balaban J connectivity index is 2.27. The number of carbonyl (C=O) groups is 1. The lowest BCUT2D eigenvalue weighted by Crippen LogP contribution is -2.02.